The van der Waals surface area contributed by atoms with E-state index in [0.717, 1.165) is 0 Å². The van der Waals surface area contributed by atoms with Gasteiger partial charge in [0.15, 0.2) is 0 Å². The van der Waals surface area contributed by atoms with Crippen molar-refractivity contribution in [2.24, 2.45) is 10.8 Å². The van der Waals surface area contributed by atoms with E-state index in [1.807, 2.05) is 0 Å². The van der Waals surface area contributed by atoms with Gasteiger partial charge < -0.3 is 0 Å². The SMILES string of the molecule is CCCCCCCCCCC(CC)(CC)C(CC)(CC)CCCCCCCC. The van der Waals surface area contributed by atoms with Gasteiger partial charge in [-0.1, -0.05) is 131 Å². The molecule has 0 radical (unpaired) electrons. The third kappa shape index (κ3) is 9.67. The average Bonchev–Trinajstić information content (AvgIpc) is 2.73. The van der Waals surface area contributed by atoms with E-state index in [9.17, 15) is 0 Å². The molecule has 170 valence electrons. The van der Waals surface area contributed by atoms with E-state index < -0.39 is 0 Å². The average molecular weight is 395 g/mol. The Hall–Kier alpha value is 0. The molecule has 0 aliphatic heterocycles. The maximum Gasteiger partial charge on any atom is -0.0246 e. The van der Waals surface area contributed by atoms with Crippen molar-refractivity contribution in [3.63, 3.8) is 0 Å². The van der Waals surface area contributed by atoms with Gasteiger partial charge in [-0.25, -0.2) is 0 Å². The van der Waals surface area contributed by atoms with Gasteiger partial charge >= 0.3 is 0 Å². The minimum absolute atomic E-state index is 0.585. The van der Waals surface area contributed by atoms with Crippen LogP contribution in [-0.2, 0) is 0 Å². The van der Waals surface area contributed by atoms with Crippen LogP contribution in [0.5, 0.6) is 0 Å². The molecular formula is C28H58. The summed E-state index contributed by atoms with van der Waals surface area (Å²) >= 11 is 0. The molecule has 0 atom stereocenters. The van der Waals surface area contributed by atoms with Crippen LogP contribution < -0.4 is 0 Å². The van der Waals surface area contributed by atoms with Crippen molar-refractivity contribution in [3.8, 4) is 0 Å². The minimum Gasteiger partial charge on any atom is -0.0654 e. The molecule has 0 fully saturated rings. The van der Waals surface area contributed by atoms with Crippen LogP contribution in [0.25, 0.3) is 0 Å². The van der Waals surface area contributed by atoms with E-state index in [1.54, 1.807) is 0 Å². The van der Waals surface area contributed by atoms with E-state index in [2.05, 4.69) is 41.5 Å². The Labute approximate surface area is 181 Å². The van der Waals surface area contributed by atoms with Crippen molar-refractivity contribution >= 4 is 0 Å². The van der Waals surface area contributed by atoms with Gasteiger partial charge in [-0.05, 0) is 49.4 Å². The van der Waals surface area contributed by atoms with E-state index >= 15 is 0 Å². The molecule has 0 aromatic carbocycles. The van der Waals surface area contributed by atoms with Gasteiger partial charge in [0.25, 0.3) is 0 Å². The zero-order valence-corrected chi connectivity index (χ0v) is 21.1. The smallest absolute Gasteiger partial charge is 0.0246 e. The van der Waals surface area contributed by atoms with E-state index in [0.29, 0.717) is 10.8 Å². The van der Waals surface area contributed by atoms with Crippen molar-refractivity contribution in [3.05, 3.63) is 0 Å². The van der Waals surface area contributed by atoms with Crippen LogP contribution in [-0.4, -0.2) is 0 Å². The maximum atomic E-state index is 2.50. The van der Waals surface area contributed by atoms with Gasteiger partial charge in [0, 0.05) is 0 Å². The maximum absolute atomic E-state index is 2.50. The Kier molecular flexibility index (Phi) is 17.8. The van der Waals surface area contributed by atoms with Crippen molar-refractivity contribution < 1.29 is 0 Å². The van der Waals surface area contributed by atoms with E-state index in [4.69, 9.17) is 0 Å². The molecule has 0 aromatic heterocycles. The lowest BCUT2D eigenvalue weighted by molar-refractivity contribution is -0.00761. The summed E-state index contributed by atoms with van der Waals surface area (Å²) in [5, 5.41) is 0. The predicted octanol–water partition coefficient (Wildman–Crippen LogP) is 10.9. The van der Waals surface area contributed by atoms with Crippen LogP contribution in [0.2, 0.25) is 0 Å². The second-order valence-electron chi connectivity index (χ2n) is 9.72. The lowest BCUT2D eigenvalue weighted by atomic mass is 9.54. The first kappa shape index (κ1) is 28.0. The highest BCUT2D eigenvalue weighted by Crippen LogP contribution is 2.55. The standard InChI is InChI=1S/C28H58/c1-7-13-15-17-19-20-22-24-26-28(11-5,12-6)27(9-3,10-4)25-23-21-18-16-14-8-2/h7-26H2,1-6H3. The number of unbranched alkanes of at least 4 members (excludes halogenated alkanes) is 12. The Morgan fingerprint density at radius 2 is 0.571 bits per heavy atom. The Balaban J connectivity index is 4.60. The third-order valence-electron chi connectivity index (χ3n) is 8.35. The number of hydrogen-bond donors (Lipinski definition) is 0. The van der Waals surface area contributed by atoms with Crippen LogP contribution >= 0.6 is 0 Å². The molecule has 0 aliphatic carbocycles. The van der Waals surface area contributed by atoms with Crippen molar-refractivity contribution in [2.75, 3.05) is 0 Å². The normalized spacial score (nSPS) is 12.6. The molecule has 0 saturated carbocycles. The molecule has 0 spiro atoms. The Morgan fingerprint density at radius 1 is 0.321 bits per heavy atom. The highest BCUT2D eigenvalue weighted by molar-refractivity contribution is 4.95. The second kappa shape index (κ2) is 17.8. The molecule has 0 heteroatoms. The second-order valence-corrected chi connectivity index (χ2v) is 9.72. The highest BCUT2D eigenvalue weighted by Gasteiger charge is 2.45. The van der Waals surface area contributed by atoms with Gasteiger partial charge in [0.2, 0.25) is 0 Å². The molecular weight excluding hydrogens is 336 g/mol. The number of rotatable bonds is 21. The summed E-state index contributed by atoms with van der Waals surface area (Å²) in [7, 11) is 0. The summed E-state index contributed by atoms with van der Waals surface area (Å²) in [4.78, 5) is 0. The quantitative estimate of drug-likeness (QED) is 0.170. The first-order valence-corrected chi connectivity index (χ1v) is 13.6. The highest BCUT2D eigenvalue weighted by atomic mass is 14.5. The van der Waals surface area contributed by atoms with Crippen LogP contribution in [0.3, 0.4) is 0 Å². The van der Waals surface area contributed by atoms with Gasteiger partial charge in [0.1, 0.15) is 0 Å². The van der Waals surface area contributed by atoms with Crippen LogP contribution in [0.15, 0.2) is 0 Å². The van der Waals surface area contributed by atoms with Crippen molar-refractivity contribution in [2.45, 2.75) is 170 Å². The Morgan fingerprint density at radius 3 is 0.821 bits per heavy atom. The third-order valence-corrected chi connectivity index (χ3v) is 8.35. The van der Waals surface area contributed by atoms with E-state index in [1.165, 1.54) is 128 Å². The molecule has 0 bridgehead atoms. The fourth-order valence-electron chi connectivity index (χ4n) is 6.08. The lowest BCUT2D eigenvalue weighted by Crippen LogP contribution is -2.41. The summed E-state index contributed by atoms with van der Waals surface area (Å²) in [6, 6.07) is 0. The molecule has 0 unspecified atom stereocenters. The van der Waals surface area contributed by atoms with Gasteiger partial charge in [-0.3, -0.25) is 0 Å². The Bertz CT molecular complexity index is 308. The van der Waals surface area contributed by atoms with Crippen LogP contribution in [0, 0.1) is 10.8 Å². The van der Waals surface area contributed by atoms with Crippen molar-refractivity contribution in [1.29, 1.82) is 0 Å². The summed E-state index contributed by atoms with van der Waals surface area (Å²) in [6.45, 7) is 14.6. The summed E-state index contributed by atoms with van der Waals surface area (Å²) < 4.78 is 0. The molecule has 0 aromatic rings. The lowest BCUT2D eigenvalue weighted by Gasteiger charge is -2.51. The zero-order chi connectivity index (χ0) is 21.1. The molecule has 28 heavy (non-hydrogen) atoms. The fraction of sp³-hybridized carbons (Fsp3) is 1.00. The monoisotopic (exact) mass is 394 g/mol. The minimum atomic E-state index is 0.585. The summed E-state index contributed by atoms with van der Waals surface area (Å²) in [5.41, 5.74) is 1.17. The van der Waals surface area contributed by atoms with Gasteiger partial charge in [-0.15, -0.1) is 0 Å². The molecule has 0 aliphatic rings. The molecule has 0 heterocycles. The van der Waals surface area contributed by atoms with Crippen LogP contribution in [0.1, 0.15) is 170 Å². The summed E-state index contributed by atoms with van der Waals surface area (Å²) in [6.07, 6.45) is 28.7. The first-order chi connectivity index (χ1) is 13.6. The topological polar surface area (TPSA) is 0 Å². The van der Waals surface area contributed by atoms with E-state index in [-0.39, 0.29) is 0 Å². The predicted molar refractivity (Wildman–Crippen MR) is 131 cm³/mol. The molecule has 0 amide bonds. The summed E-state index contributed by atoms with van der Waals surface area (Å²) in [5.74, 6) is 0. The molecule has 0 saturated heterocycles. The van der Waals surface area contributed by atoms with Gasteiger partial charge in [-0.2, -0.15) is 0 Å². The molecule has 0 rings (SSSR count). The molecule has 0 nitrogen and oxygen atoms in total. The largest absolute Gasteiger partial charge is 0.0654 e. The zero-order valence-electron chi connectivity index (χ0n) is 21.1. The number of hydrogen-bond acceptors (Lipinski definition) is 0. The van der Waals surface area contributed by atoms with Gasteiger partial charge in [0.05, 0.1) is 0 Å². The van der Waals surface area contributed by atoms with Crippen LogP contribution in [0.4, 0.5) is 0 Å². The molecule has 0 N–H and O–H groups in total. The van der Waals surface area contributed by atoms with Crippen molar-refractivity contribution in [1.82, 2.24) is 0 Å². The first-order valence-electron chi connectivity index (χ1n) is 13.6. The fourth-order valence-corrected chi connectivity index (χ4v) is 6.08.